The minimum Gasteiger partial charge on any atom is -0.171 e. The molecule has 0 radical (unpaired) electrons. The topological polar surface area (TPSA) is 0 Å². The maximum atomic E-state index is 3.76. The highest BCUT2D eigenvalue weighted by molar-refractivity contribution is 7.79. The smallest absolute Gasteiger partial charge is 0.114 e. The van der Waals surface area contributed by atoms with Gasteiger partial charge in [-0.25, -0.2) is 0 Å². The van der Waals surface area contributed by atoms with Crippen molar-refractivity contribution in [1.82, 2.24) is 0 Å². The predicted molar refractivity (Wildman–Crippen MR) is 57.4 cm³/mol. The lowest BCUT2D eigenvalue weighted by Gasteiger charge is -2.08. The molecule has 0 aliphatic heterocycles. The van der Waals surface area contributed by atoms with Crippen molar-refractivity contribution in [3.05, 3.63) is 12.7 Å². The van der Waals surface area contributed by atoms with E-state index in [0.717, 1.165) is 14.3 Å². The molecule has 0 saturated carbocycles. The number of hydrogen-bond acceptors (Lipinski definition) is 0. The van der Waals surface area contributed by atoms with Gasteiger partial charge in [-0.15, -0.1) is 6.58 Å². The Morgan fingerprint density at radius 3 is 2.80 bits per heavy atom. The van der Waals surface area contributed by atoms with Crippen molar-refractivity contribution in [2.75, 3.05) is 6.66 Å². The molecule has 3 heteroatoms. The molecule has 0 spiro atoms. The zero-order valence-electron chi connectivity index (χ0n) is 7.19. The third-order valence-corrected chi connectivity index (χ3v) is 2.67. The van der Waals surface area contributed by atoms with Gasteiger partial charge in [0.05, 0.1) is 7.17 Å². The van der Waals surface area contributed by atoms with Gasteiger partial charge < -0.3 is 0 Å². The summed E-state index contributed by atoms with van der Waals surface area (Å²) < 4.78 is 0. The van der Waals surface area contributed by atoms with Crippen LogP contribution in [0.3, 0.4) is 0 Å². The highest BCUT2D eigenvalue weighted by Gasteiger charge is 2.04. The van der Waals surface area contributed by atoms with Gasteiger partial charge in [0.1, 0.15) is 6.89 Å². The Labute approximate surface area is 68.1 Å². The first-order valence-electron chi connectivity index (χ1n) is 4.10. The van der Waals surface area contributed by atoms with Crippen LogP contribution in [-0.4, -0.2) is 20.7 Å². The van der Waals surface area contributed by atoms with Crippen LogP contribution in [0.25, 0.3) is 0 Å². The monoisotopic (exact) mass is 154 g/mol. The second-order valence-corrected chi connectivity index (χ2v) is 3.90. The molecule has 0 aliphatic carbocycles. The van der Waals surface area contributed by atoms with E-state index >= 15 is 0 Å². The molecule has 0 rings (SSSR count). The van der Waals surface area contributed by atoms with E-state index < -0.39 is 0 Å². The van der Waals surface area contributed by atoms with E-state index in [1.807, 2.05) is 6.08 Å². The number of hydrogen-bond donors (Lipinski definition) is 0. The molecule has 56 valence electrons. The highest BCUT2D eigenvalue weighted by atomic mass is 31.1. The zero-order chi connectivity index (χ0) is 7.82. The molecule has 0 aromatic carbocycles. The summed E-state index contributed by atoms with van der Waals surface area (Å²) in [5.41, 5.74) is 0. The van der Waals surface area contributed by atoms with Gasteiger partial charge in [-0.3, -0.25) is 0 Å². The van der Waals surface area contributed by atoms with Gasteiger partial charge in [0.25, 0.3) is 0 Å². The molecule has 0 heterocycles. The Hall–Kier alpha value is 0.300. The van der Waals surface area contributed by atoms with Gasteiger partial charge >= 0.3 is 0 Å². The zero-order valence-corrected chi connectivity index (χ0v) is 8.19. The maximum absolute atomic E-state index is 3.76. The van der Waals surface area contributed by atoms with Crippen LogP contribution in [0.15, 0.2) is 12.7 Å². The van der Waals surface area contributed by atoms with E-state index in [2.05, 4.69) is 20.2 Å². The van der Waals surface area contributed by atoms with Crippen LogP contribution in [0.5, 0.6) is 0 Å². The lowest BCUT2D eigenvalue weighted by molar-refractivity contribution is 0.808. The van der Waals surface area contributed by atoms with Crippen LogP contribution in [-0.2, 0) is 0 Å². The largest absolute Gasteiger partial charge is 0.171 e. The van der Waals surface area contributed by atoms with Gasteiger partial charge in [0.2, 0.25) is 0 Å². The Kier molecular flexibility index (Phi) is 7.63. The van der Waals surface area contributed by atoms with Crippen LogP contribution < -0.4 is 0 Å². The molecule has 2 unspecified atom stereocenters. The molecule has 0 fully saturated rings. The van der Waals surface area contributed by atoms with E-state index in [1.165, 1.54) is 26.9 Å². The van der Waals surface area contributed by atoms with Crippen molar-refractivity contribution in [2.45, 2.75) is 25.6 Å². The summed E-state index contributed by atoms with van der Waals surface area (Å²) >= 11 is 0. The van der Waals surface area contributed by atoms with Crippen LogP contribution in [0.4, 0.5) is 0 Å². The summed E-state index contributed by atoms with van der Waals surface area (Å²) in [6.45, 7) is 9.72. The summed E-state index contributed by atoms with van der Waals surface area (Å²) in [7, 11) is 2.52. The lowest BCUT2D eigenvalue weighted by Crippen LogP contribution is -2.06. The molecule has 0 amide bonds. The highest BCUT2D eigenvalue weighted by Crippen LogP contribution is 2.15. The Morgan fingerprint density at radius 2 is 2.40 bits per heavy atom. The minimum absolute atomic E-state index is 0.907. The van der Waals surface area contributed by atoms with E-state index in [-0.39, 0.29) is 0 Å². The molecule has 2 atom stereocenters. The molecule has 0 bridgehead atoms. The third kappa shape index (κ3) is 5.11. The van der Waals surface area contributed by atoms with Crippen LogP contribution in [0.2, 0.25) is 5.82 Å². The second kappa shape index (κ2) is 7.41. The molecule has 10 heavy (non-hydrogen) atoms. The van der Waals surface area contributed by atoms with E-state index in [9.17, 15) is 0 Å². The molecule has 0 saturated heterocycles. The van der Waals surface area contributed by atoms with Crippen molar-refractivity contribution >= 4 is 22.5 Å². The summed E-state index contributed by atoms with van der Waals surface area (Å²) in [4.78, 5) is 0. The summed E-state index contributed by atoms with van der Waals surface area (Å²) in [5, 5.41) is 0. The molecular weight excluding hydrogens is 137 g/mol. The van der Waals surface area contributed by atoms with Crippen molar-refractivity contribution < 1.29 is 0 Å². The first-order valence-corrected chi connectivity index (χ1v) is 5.81. The first-order chi connectivity index (χ1) is 4.85. The van der Waals surface area contributed by atoms with Gasteiger partial charge in [-0.2, -0.15) is 8.46 Å². The lowest BCUT2D eigenvalue weighted by atomic mass is 9.45. The minimum atomic E-state index is 0.907. The van der Waals surface area contributed by atoms with E-state index in [0.29, 0.717) is 0 Å². The fourth-order valence-corrected chi connectivity index (χ4v) is 1.77. The predicted octanol–water partition coefficient (Wildman–Crippen LogP) is 1.77. The van der Waals surface area contributed by atoms with Crippen LogP contribution in [0.1, 0.15) is 19.8 Å². The normalized spacial score (nSPS) is 13.4. The van der Waals surface area contributed by atoms with Crippen molar-refractivity contribution in [3.8, 4) is 0 Å². The summed E-state index contributed by atoms with van der Waals surface area (Å²) in [6.07, 6.45) is 4.57. The fourth-order valence-electron chi connectivity index (χ4n) is 1.07. The van der Waals surface area contributed by atoms with Gasteiger partial charge in [0.15, 0.2) is 0 Å². The molecule has 0 N–H and O–H groups in total. The summed E-state index contributed by atoms with van der Waals surface area (Å²) in [5.74, 6) is 0.907. The molecule has 0 aliphatic rings. The van der Waals surface area contributed by atoms with Crippen molar-refractivity contribution in [3.63, 3.8) is 0 Å². The second-order valence-electron chi connectivity index (χ2n) is 2.69. The number of allylic oxidation sites excluding steroid dienone is 1. The SMILES string of the molecule is C=CCC(BBPC)CC. The van der Waals surface area contributed by atoms with Gasteiger partial charge in [-0.1, -0.05) is 31.9 Å². The maximum Gasteiger partial charge on any atom is 0.114 e. The average molecular weight is 154 g/mol. The molecule has 0 aromatic heterocycles. The van der Waals surface area contributed by atoms with Crippen molar-refractivity contribution in [1.29, 1.82) is 0 Å². The quantitative estimate of drug-likeness (QED) is 0.310. The van der Waals surface area contributed by atoms with Gasteiger partial charge in [-0.05, 0) is 6.42 Å². The Bertz CT molecular complexity index is 85.7. The Balaban J connectivity index is 3.29. The Morgan fingerprint density at radius 1 is 1.70 bits per heavy atom. The van der Waals surface area contributed by atoms with Crippen LogP contribution >= 0.6 is 8.46 Å². The molecule has 0 nitrogen and oxygen atoms in total. The molecule has 0 aromatic rings. The van der Waals surface area contributed by atoms with Crippen molar-refractivity contribution in [2.24, 2.45) is 0 Å². The fraction of sp³-hybridized carbons (Fsp3) is 0.714. The van der Waals surface area contributed by atoms with E-state index in [4.69, 9.17) is 0 Å². The first kappa shape index (κ1) is 10.3. The summed E-state index contributed by atoms with van der Waals surface area (Å²) in [6, 6.07) is 0. The van der Waals surface area contributed by atoms with Crippen LogP contribution in [0, 0.1) is 0 Å². The third-order valence-electron chi connectivity index (χ3n) is 1.88. The van der Waals surface area contributed by atoms with Gasteiger partial charge in [0, 0.05) is 0 Å². The standard InChI is InChI=1S/C7H17B2P/c1-4-6-7(5-2)8-9-10-3/h4,7-10H,1,5-6H2,2-3H3. The average Bonchev–Trinajstić information content (AvgIpc) is 1.98. The number of rotatable bonds is 6. The van der Waals surface area contributed by atoms with E-state index in [1.54, 1.807) is 0 Å². The molecular formula is C7H17B2P.